The van der Waals surface area contributed by atoms with Crippen LogP contribution >= 0.6 is 0 Å². The van der Waals surface area contributed by atoms with Gasteiger partial charge >= 0.3 is 5.97 Å². The zero-order valence-electron chi connectivity index (χ0n) is 17.7. The Hall–Kier alpha value is -3.92. The first kappa shape index (κ1) is 21.8. The fraction of sp³-hybridized carbons (Fsp3) is 0.111. The van der Waals surface area contributed by atoms with E-state index in [1.54, 1.807) is 19.1 Å². The molecule has 1 amide bonds. The van der Waals surface area contributed by atoms with E-state index in [4.69, 9.17) is 4.74 Å². The molecule has 0 aliphatic rings. The lowest BCUT2D eigenvalue weighted by Crippen LogP contribution is -2.09. The van der Waals surface area contributed by atoms with Gasteiger partial charge < -0.3 is 10.1 Å². The van der Waals surface area contributed by atoms with Crippen LogP contribution in [0.1, 0.15) is 23.6 Å². The fourth-order valence-electron chi connectivity index (χ4n) is 2.99. The Morgan fingerprint density at radius 1 is 0.871 bits per heavy atom. The molecule has 0 heterocycles. The van der Waals surface area contributed by atoms with Crippen molar-refractivity contribution in [3.05, 3.63) is 102 Å². The summed E-state index contributed by atoms with van der Waals surface area (Å²) in [7, 11) is 0. The van der Waals surface area contributed by atoms with E-state index >= 15 is 0 Å². The topological polar surface area (TPSA) is 55.4 Å². The lowest BCUT2D eigenvalue weighted by Gasteiger charge is -2.11. The highest BCUT2D eigenvalue weighted by molar-refractivity contribution is 6.03. The van der Waals surface area contributed by atoms with Crippen LogP contribution in [-0.4, -0.2) is 18.5 Å². The number of benzene rings is 3. The zero-order valence-corrected chi connectivity index (χ0v) is 17.7. The van der Waals surface area contributed by atoms with Gasteiger partial charge in [-0.15, -0.1) is 0 Å². The molecule has 156 valence electrons. The second kappa shape index (κ2) is 10.7. The van der Waals surface area contributed by atoms with E-state index in [1.807, 2.05) is 79.7 Å². The number of carbonyl (C=O) groups is 2. The summed E-state index contributed by atoms with van der Waals surface area (Å²) >= 11 is 0. The van der Waals surface area contributed by atoms with Crippen molar-refractivity contribution in [2.45, 2.75) is 13.8 Å². The Balaban J connectivity index is 1.88. The Kier molecular flexibility index (Phi) is 7.55. The van der Waals surface area contributed by atoms with Gasteiger partial charge in [0, 0.05) is 17.8 Å². The first-order valence-corrected chi connectivity index (χ1v) is 10.1. The zero-order chi connectivity index (χ0) is 22.1. The fourth-order valence-corrected chi connectivity index (χ4v) is 2.99. The van der Waals surface area contributed by atoms with E-state index in [1.165, 1.54) is 17.7 Å². The Morgan fingerprint density at radius 2 is 1.58 bits per heavy atom. The van der Waals surface area contributed by atoms with E-state index in [9.17, 15) is 9.59 Å². The third kappa shape index (κ3) is 6.54. The molecular weight excluding hydrogens is 386 g/mol. The summed E-state index contributed by atoms with van der Waals surface area (Å²) in [6, 6.07) is 23.5. The highest BCUT2D eigenvalue weighted by Gasteiger charge is 2.07. The Morgan fingerprint density at radius 3 is 2.29 bits per heavy atom. The van der Waals surface area contributed by atoms with Crippen molar-refractivity contribution in [1.82, 2.24) is 0 Å². The predicted molar refractivity (Wildman–Crippen MR) is 126 cm³/mol. The molecule has 0 saturated heterocycles. The van der Waals surface area contributed by atoms with E-state index < -0.39 is 5.97 Å². The number of hydrogen-bond acceptors (Lipinski definition) is 3. The lowest BCUT2D eigenvalue weighted by atomic mass is 10.0. The van der Waals surface area contributed by atoms with Gasteiger partial charge in [-0.3, -0.25) is 4.79 Å². The highest BCUT2D eigenvalue weighted by Crippen LogP contribution is 2.27. The van der Waals surface area contributed by atoms with Crippen LogP contribution in [0.5, 0.6) is 0 Å². The minimum Gasteiger partial charge on any atom is -0.463 e. The minimum atomic E-state index is -0.425. The van der Waals surface area contributed by atoms with E-state index in [-0.39, 0.29) is 5.91 Å². The second-order valence-electron chi connectivity index (χ2n) is 6.99. The van der Waals surface area contributed by atoms with E-state index in [0.717, 1.165) is 16.7 Å². The smallest absolute Gasteiger partial charge is 0.330 e. The maximum absolute atomic E-state index is 12.6. The standard InChI is InChI=1S/C27H25NO3/c1-3-31-27(30)18-16-23-14-15-24(22-12-9-20(2)10-13-22)19-25(23)28-26(29)17-11-21-7-5-4-6-8-21/h4-19H,3H2,1-2H3,(H,28,29). The average molecular weight is 412 g/mol. The van der Waals surface area contributed by atoms with Gasteiger partial charge in [0.25, 0.3) is 0 Å². The SMILES string of the molecule is CCOC(=O)C=Cc1ccc(-c2ccc(C)cc2)cc1NC(=O)C=Cc1ccccc1. The highest BCUT2D eigenvalue weighted by atomic mass is 16.5. The molecule has 3 aromatic rings. The molecule has 0 aliphatic carbocycles. The minimum absolute atomic E-state index is 0.254. The number of ether oxygens (including phenoxy) is 1. The summed E-state index contributed by atoms with van der Waals surface area (Å²) in [4.78, 5) is 24.3. The number of anilines is 1. The molecule has 0 atom stereocenters. The number of carbonyl (C=O) groups excluding carboxylic acids is 2. The van der Waals surface area contributed by atoms with Crippen LogP contribution in [0.25, 0.3) is 23.3 Å². The second-order valence-corrected chi connectivity index (χ2v) is 6.99. The number of amides is 1. The van der Waals surface area contributed by atoms with E-state index in [0.29, 0.717) is 17.9 Å². The largest absolute Gasteiger partial charge is 0.463 e. The molecule has 1 N–H and O–H groups in total. The van der Waals surface area contributed by atoms with Crippen molar-refractivity contribution in [2.75, 3.05) is 11.9 Å². The molecule has 4 nitrogen and oxygen atoms in total. The predicted octanol–water partition coefficient (Wildman–Crippen LogP) is 5.89. The molecule has 0 radical (unpaired) electrons. The lowest BCUT2D eigenvalue weighted by molar-refractivity contribution is -0.137. The summed E-state index contributed by atoms with van der Waals surface area (Å²) in [6.07, 6.45) is 6.26. The van der Waals surface area contributed by atoms with Crippen molar-refractivity contribution in [3.8, 4) is 11.1 Å². The molecular formula is C27H25NO3. The first-order chi connectivity index (χ1) is 15.0. The van der Waals surface area contributed by atoms with Gasteiger partial charge in [-0.25, -0.2) is 4.79 Å². The van der Waals surface area contributed by atoms with Gasteiger partial charge in [-0.05, 0) is 54.3 Å². The molecule has 0 bridgehead atoms. The average Bonchev–Trinajstić information content (AvgIpc) is 2.78. The van der Waals surface area contributed by atoms with Crippen molar-refractivity contribution in [1.29, 1.82) is 0 Å². The Labute approximate surface area is 182 Å². The van der Waals surface area contributed by atoms with Crippen LogP contribution < -0.4 is 5.32 Å². The van der Waals surface area contributed by atoms with Crippen LogP contribution in [0, 0.1) is 6.92 Å². The van der Waals surface area contributed by atoms with E-state index in [2.05, 4.69) is 5.32 Å². The molecule has 0 fully saturated rings. The van der Waals surface area contributed by atoms with Crippen molar-refractivity contribution in [3.63, 3.8) is 0 Å². The van der Waals surface area contributed by atoms with Gasteiger partial charge in [0.15, 0.2) is 0 Å². The first-order valence-electron chi connectivity index (χ1n) is 10.1. The van der Waals surface area contributed by atoms with Crippen LogP contribution in [0.3, 0.4) is 0 Å². The van der Waals surface area contributed by atoms with Gasteiger partial charge in [-0.1, -0.05) is 72.3 Å². The molecule has 31 heavy (non-hydrogen) atoms. The summed E-state index contributed by atoms with van der Waals surface area (Å²) in [6.45, 7) is 4.11. The molecule has 3 rings (SSSR count). The summed E-state index contributed by atoms with van der Waals surface area (Å²) in [5, 5.41) is 2.93. The van der Waals surface area contributed by atoms with Crippen LogP contribution in [0.4, 0.5) is 5.69 Å². The van der Waals surface area contributed by atoms with Gasteiger partial charge in [0.05, 0.1) is 6.61 Å². The van der Waals surface area contributed by atoms with Crippen LogP contribution in [0.15, 0.2) is 84.9 Å². The normalized spacial score (nSPS) is 11.0. The van der Waals surface area contributed by atoms with Crippen LogP contribution in [0.2, 0.25) is 0 Å². The number of nitrogens with one attached hydrogen (secondary N) is 1. The van der Waals surface area contributed by atoms with Gasteiger partial charge in [-0.2, -0.15) is 0 Å². The molecule has 0 aromatic heterocycles. The number of aryl methyl sites for hydroxylation is 1. The third-order valence-electron chi connectivity index (χ3n) is 4.61. The number of esters is 1. The van der Waals surface area contributed by atoms with Crippen molar-refractivity contribution < 1.29 is 14.3 Å². The van der Waals surface area contributed by atoms with Crippen LogP contribution in [-0.2, 0) is 14.3 Å². The molecule has 0 aliphatic heterocycles. The third-order valence-corrected chi connectivity index (χ3v) is 4.61. The molecule has 3 aromatic carbocycles. The monoisotopic (exact) mass is 411 g/mol. The molecule has 4 heteroatoms. The van der Waals surface area contributed by atoms with Gasteiger partial charge in [0.1, 0.15) is 0 Å². The summed E-state index contributed by atoms with van der Waals surface area (Å²) < 4.78 is 4.95. The molecule has 0 saturated carbocycles. The number of rotatable bonds is 7. The summed E-state index contributed by atoms with van der Waals surface area (Å²) in [5.74, 6) is -0.679. The Bertz CT molecular complexity index is 1100. The number of hydrogen-bond donors (Lipinski definition) is 1. The maximum atomic E-state index is 12.6. The van der Waals surface area contributed by atoms with Crippen molar-refractivity contribution >= 4 is 29.7 Å². The maximum Gasteiger partial charge on any atom is 0.330 e. The molecule has 0 spiro atoms. The van der Waals surface area contributed by atoms with Gasteiger partial charge in [0.2, 0.25) is 5.91 Å². The van der Waals surface area contributed by atoms with Crippen molar-refractivity contribution in [2.24, 2.45) is 0 Å². The molecule has 0 unspecified atom stereocenters. The summed E-state index contributed by atoms with van der Waals surface area (Å²) in [5.41, 5.74) is 5.45. The quantitative estimate of drug-likeness (QED) is 0.390.